The molecule has 3 aromatic rings. The van der Waals surface area contributed by atoms with Gasteiger partial charge in [0.15, 0.2) is 5.76 Å². The number of fused-ring (bicyclic) bond motifs is 1. The van der Waals surface area contributed by atoms with Crippen LogP contribution >= 0.6 is 11.3 Å². The molecule has 2 heterocycles. The van der Waals surface area contributed by atoms with Gasteiger partial charge >= 0.3 is 0 Å². The minimum atomic E-state index is -0.407. The van der Waals surface area contributed by atoms with Gasteiger partial charge in [0.2, 0.25) is 11.2 Å². The van der Waals surface area contributed by atoms with Gasteiger partial charge in [0.1, 0.15) is 11.3 Å². The van der Waals surface area contributed by atoms with Crippen molar-refractivity contribution in [3.05, 3.63) is 40.1 Å². The number of thiophene rings is 1. The summed E-state index contributed by atoms with van der Waals surface area (Å²) in [7, 11) is 2.43. The van der Waals surface area contributed by atoms with E-state index < -0.39 is 5.43 Å². The molecule has 0 fully saturated rings. The first-order valence-corrected chi connectivity index (χ1v) is 19.2. The van der Waals surface area contributed by atoms with Crippen molar-refractivity contribution in [1.82, 2.24) is 0 Å². The van der Waals surface area contributed by atoms with Crippen LogP contribution in [0.25, 0.3) is 21.6 Å². The number of aryl methyl sites for hydroxylation is 1. The zero-order valence-electron chi connectivity index (χ0n) is 29.9. The summed E-state index contributed by atoms with van der Waals surface area (Å²) >= 11 is 1.52. The summed E-state index contributed by atoms with van der Waals surface area (Å²) in [6, 6.07) is 7.51. The Morgan fingerprint density at radius 2 is 1.35 bits per heavy atom. The molecule has 0 spiro atoms. The Balaban J connectivity index is 1.59. The number of hydrogen-bond acceptors (Lipinski definition) is 6. The topological polar surface area (TPSA) is 62.9 Å². The van der Waals surface area contributed by atoms with Gasteiger partial charge in [-0.05, 0) is 70.7 Å². The van der Waals surface area contributed by atoms with Crippen molar-refractivity contribution in [2.24, 2.45) is 0 Å². The third kappa shape index (κ3) is 11.0. The van der Waals surface area contributed by atoms with Gasteiger partial charge < -0.3 is 23.6 Å². The molecule has 258 valence electrons. The molecule has 46 heavy (non-hydrogen) atoms. The molecule has 0 radical (unpaired) electrons. The van der Waals surface area contributed by atoms with E-state index in [-0.39, 0.29) is 11.5 Å². The standard InChI is InChI=1S/C39H62N2O4S/c1-7-11-13-14-15-16-17-18-19-21-28-41(6,27-20-12-8-2)29-22-30-44-33-24-23-32-36(42)37(43)39(45-38(32)31(33)5)34-25-26-35(46-34)40(9-3)10-4/h23-26H,7-22,27-30H2,1-6H3/p+1. The normalized spacial score (nSPS) is 12.9. The molecular formula is C39H63N2O4S+. The molecular weight excluding hydrogens is 593 g/mol. The molecule has 2 aromatic heterocycles. The summed E-state index contributed by atoms with van der Waals surface area (Å²) in [5, 5.41) is 12.3. The van der Waals surface area contributed by atoms with Gasteiger partial charge in [-0.15, -0.1) is 11.3 Å². The molecule has 1 N–H and O–H groups in total. The molecule has 0 aliphatic rings. The zero-order valence-corrected chi connectivity index (χ0v) is 30.7. The quantitative estimate of drug-likeness (QED) is 0.0768. The van der Waals surface area contributed by atoms with Crippen molar-refractivity contribution >= 4 is 27.3 Å². The van der Waals surface area contributed by atoms with Crippen LogP contribution < -0.4 is 15.1 Å². The average Bonchev–Trinajstić information content (AvgIpc) is 3.53. The molecule has 1 unspecified atom stereocenters. The maximum Gasteiger partial charge on any atom is 0.235 e. The number of rotatable bonds is 24. The lowest BCUT2D eigenvalue weighted by Gasteiger charge is -2.35. The maximum absolute atomic E-state index is 13.2. The predicted molar refractivity (Wildman–Crippen MR) is 198 cm³/mol. The Labute approximate surface area is 283 Å². The Morgan fingerprint density at radius 1 is 0.783 bits per heavy atom. The first kappa shape index (κ1) is 37.9. The lowest BCUT2D eigenvalue weighted by atomic mass is 10.1. The molecule has 1 atom stereocenters. The number of unbranched alkanes of at least 4 members (excludes halogenated alkanes) is 11. The van der Waals surface area contributed by atoms with Crippen LogP contribution in [0.1, 0.15) is 123 Å². The highest BCUT2D eigenvalue weighted by Gasteiger charge is 2.22. The predicted octanol–water partition coefficient (Wildman–Crippen LogP) is 10.7. The molecule has 0 aliphatic heterocycles. The fraction of sp³-hybridized carbons (Fsp3) is 0.667. The van der Waals surface area contributed by atoms with Crippen molar-refractivity contribution in [3.63, 3.8) is 0 Å². The second-order valence-corrected chi connectivity index (χ2v) is 14.4. The average molecular weight is 656 g/mol. The zero-order chi connectivity index (χ0) is 33.4. The summed E-state index contributed by atoms with van der Waals surface area (Å²) in [5.41, 5.74) is 0.868. The van der Waals surface area contributed by atoms with E-state index in [0.29, 0.717) is 17.6 Å². The van der Waals surface area contributed by atoms with Crippen LogP contribution in [-0.4, -0.2) is 56.0 Å². The smallest absolute Gasteiger partial charge is 0.235 e. The summed E-state index contributed by atoms with van der Waals surface area (Å²) in [4.78, 5) is 16.2. The van der Waals surface area contributed by atoms with Gasteiger partial charge in [0.05, 0.1) is 48.6 Å². The van der Waals surface area contributed by atoms with Crippen LogP contribution in [0.2, 0.25) is 0 Å². The van der Waals surface area contributed by atoms with Gasteiger partial charge in [-0.2, -0.15) is 0 Å². The van der Waals surface area contributed by atoms with Crippen molar-refractivity contribution in [1.29, 1.82) is 0 Å². The molecule has 7 heteroatoms. The number of nitrogens with zero attached hydrogens (tertiary/aromatic N) is 2. The number of benzene rings is 1. The van der Waals surface area contributed by atoms with Gasteiger partial charge in [-0.1, -0.05) is 71.6 Å². The van der Waals surface area contributed by atoms with Crippen LogP contribution in [0.3, 0.4) is 0 Å². The Kier molecular flexibility index (Phi) is 16.5. The van der Waals surface area contributed by atoms with Crippen LogP contribution in [0.5, 0.6) is 11.5 Å². The second kappa shape index (κ2) is 20.0. The highest BCUT2D eigenvalue weighted by molar-refractivity contribution is 7.19. The summed E-state index contributed by atoms with van der Waals surface area (Å²) in [5.74, 6) is 0.626. The van der Waals surface area contributed by atoms with Crippen LogP contribution in [0, 0.1) is 6.92 Å². The van der Waals surface area contributed by atoms with E-state index in [1.165, 1.54) is 108 Å². The number of anilines is 1. The van der Waals surface area contributed by atoms with E-state index in [0.717, 1.165) is 51.7 Å². The molecule has 1 aromatic carbocycles. The van der Waals surface area contributed by atoms with Crippen LogP contribution in [0.15, 0.2) is 33.5 Å². The van der Waals surface area contributed by atoms with E-state index in [1.54, 1.807) is 6.07 Å². The number of hydrogen-bond donors (Lipinski definition) is 1. The van der Waals surface area contributed by atoms with Crippen molar-refractivity contribution in [3.8, 4) is 22.1 Å². The van der Waals surface area contributed by atoms with E-state index >= 15 is 0 Å². The van der Waals surface area contributed by atoms with E-state index in [4.69, 9.17) is 9.15 Å². The van der Waals surface area contributed by atoms with E-state index in [2.05, 4.69) is 39.6 Å². The van der Waals surface area contributed by atoms with Crippen molar-refractivity contribution in [2.45, 2.75) is 125 Å². The van der Waals surface area contributed by atoms with Crippen molar-refractivity contribution < 1.29 is 18.7 Å². The summed E-state index contributed by atoms with van der Waals surface area (Å²) in [6.07, 6.45) is 18.5. The highest BCUT2D eigenvalue weighted by atomic mass is 32.1. The molecule has 0 aliphatic carbocycles. The number of ether oxygens (including phenoxy) is 1. The Hall–Kier alpha value is -2.51. The van der Waals surface area contributed by atoms with Gasteiger partial charge in [0, 0.05) is 25.1 Å². The highest BCUT2D eigenvalue weighted by Crippen LogP contribution is 2.39. The number of quaternary nitrogens is 1. The first-order chi connectivity index (χ1) is 22.3. The molecule has 3 rings (SSSR count). The minimum Gasteiger partial charge on any atom is -0.501 e. The van der Waals surface area contributed by atoms with Crippen molar-refractivity contribution in [2.75, 3.05) is 51.3 Å². The SMILES string of the molecule is CCCCCCCCCCCC[N+](C)(CCCCC)CCCOc1ccc2c(=O)c(O)c(-c3ccc(N(CC)CC)s3)oc2c1C. The fourth-order valence-corrected chi connectivity index (χ4v) is 7.65. The van der Waals surface area contributed by atoms with Gasteiger partial charge in [-0.25, -0.2) is 0 Å². The molecule has 0 saturated carbocycles. The second-order valence-electron chi connectivity index (χ2n) is 13.4. The monoisotopic (exact) mass is 655 g/mol. The summed E-state index contributed by atoms with van der Waals surface area (Å²) < 4.78 is 13.7. The summed E-state index contributed by atoms with van der Waals surface area (Å²) in [6.45, 7) is 16.7. The molecule has 0 saturated heterocycles. The van der Waals surface area contributed by atoms with Crippen LogP contribution in [-0.2, 0) is 0 Å². The molecule has 0 bridgehead atoms. The van der Waals surface area contributed by atoms with Gasteiger partial charge in [0.25, 0.3) is 0 Å². The Morgan fingerprint density at radius 3 is 1.98 bits per heavy atom. The fourth-order valence-electron chi connectivity index (χ4n) is 6.53. The lowest BCUT2D eigenvalue weighted by Crippen LogP contribution is -2.46. The van der Waals surface area contributed by atoms with E-state index in [9.17, 15) is 9.90 Å². The van der Waals surface area contributed by atoms with Gasteiger partial charge in [-0.3, -0.25) is 4.79 Å². The lowest BCUT2D eigenvalue weighted by molar-refractivity contribution is -0.910. The number of aromatic hydroxyl groups is 1. The minimum absolute atomic E-state index is 0.230. The Bertz CT molecular complexity index is 1360. The maximum atomic E-state index is 13.2. The third-order valence-electron chi connectivity index (χ3n) is 9.58. The first-order valence-electron chi connectivity index (χ1n) is 18.4. The van der Waals surface area contributed by atoms with Crippen LogP contribution in [0.4, 0.5) is 5.00 Å². The third-order valence-corrected chi connectivity index (χ3v) is 10.7. The largest absolute Gasteiger partial charge is 0.501 e. The van der Waals surface area contributed by atoms with E-state index in [1.807, 2.05) is 25.1 Å². The molecule has 0 amide bonds. The molecule has 6 nitrogen and oxygen atoms in total.